The van der Waals surface area contributed by atoms with Crippen LogP contribution >= 0.6 is 11.3 Å². The fourth-order valence-electron chi connectivity index (χ4n) is 2.02. The second-order valence-electron chi connectivity index (χ2n) is 4.90. The van der Waals surface area contributed by atoms with Gasteiger partial charge in [0, 0.05) is 18.0 Å². The molecule has 0 radical (unpaired) electrons. The molecule has 0 atom stereocenters. The van der Waals surface area contributed by atoms with E-state index in [1.54, 1.807) is 30.5 Å². The topological polar surface area (TPSA) is 58.5 Å². The summed E-state index contributed by atoms with van der Waals surface area (Å²) in [5, 5.41) is 7.46. The van der Waals surface area contributed by atoms with Crippen LogP contribution in [0.25, 0.3) is 0 Å². The summed E-state index contributed by atoms with van der Waals surface area (Å²) >= 11 is 1.68. The SMILES string of the molecule is CN=C(NCCOc1cccc(F)c1)NCc1sc(C)nc1C. The number of aryl methyl sites for hydroxylation is 2. The number of aromatic nitrogens is 1. The molecular formula is C16H21FN4OS. The number of halogens is 1. The second kappa shape index (κ2) is 8.47. The van der Waals surface area contributed by atoms with Gasteiger partial charge in [0.2, 0.25) is 0 Å². The first-order valence-electron chi connectivity index (χ1n) is 7.34. The number of hydrogen-bond donors (Lipinski definition) is 2. The Kier molecular flexibility index (Phi) is 6.34. The van der Waals surface area contributed by atoms with Gasteiger partial charge in [0.05, 0.1) is 23.8 Å². The quantitative estimate of drug-likeness (QED) is 0.484. The predicted molar refractivity (Wildman–Crippen MR) is 91.7 cm³/mol. The molecule has 2 N–H and O–H groups in total. The van der Waals surface area contributed by atoms with Crippen molar-refractivity contribution in [3.8, 4) is 5.75 Å². The third-order valence-corrected chi connectivity index (χ3v) is 4.17. The van der Waals surface area contributed by atoms with Crippen molar-refractivity contribution >= 4 is 17.3 Å². The molecule has 0 amide bonds. The Balaban J connectivity index is 1.72. The molecule has 2 aromatic rings. The number of aliphatic imine (C=N–C) groups is 1. The van der Waals surface area contributed by atoms with Gasteiger partial charge < -0.3 is 15.4 Å². The minimum atomic E-state index is -0.303. The Morgan fingerprint density at radius 3 is 2.83 bits per heavy atom. The highest BCUT2D eigenvalue weighted by molar-refractivity contribution is 7.11. The Labute approximate surface area is 139 Å². The lowest BCUT2D eigenvalue weighted by Gasteiger charge is -2.12. The average molecular weight is 336 g/mol. The number of hydrogen-bond acceptors (Lipinski definition) is 4. The summed E-state index contributed by atoms with van der Waals surface area (Å²) < 4.78 is 18.5. The van der Waals surface area contributed by atoms with Gasteiger partial charge in [0.1, 0.15) is 18.2 Å². The second-order valence-corrected chi connectivity index (χ2v) is 6.19. The summed E-state index contributed by atoms with van der Waals surface area (Å²) in [7, 11) is 1.72. The van der Waals surface area contributed by atoms with E-state index in [-0.39, 0.29) is 5.82 Å². The van der Waals surface area contributed by atoms with Crippen molar-refractivity contribution in [1.29, 1.82) is 0 Å². The van der Waals surface area contributed by atoms with E-state index in [9.17, 15) is 4.39 Å². The van der Waals surface area contributed by atoms with Gasteiger partial charge in [-0.25, -0.2) is 9.37 Å². The predicted octanol–water partition coefficient (Wildman–Crippen LogP) is 2.64. The van der Waals surface area contributed by atoms with Crippen LogP contribution in [0.1, 0.15) is 15.6 Å². The third-order valence-electron chi connectivity index (χ3n) is 3.10. The van der Waals surface area contributed by atoms with E-state index in [0.29, 0.717) is 31.4 Å². The van der Waals surface area contributed by atoms with E-state index in [1.165, 1.54) is 17.0 Å². The molecule has 1 aromatic carbocycles. The highest BCUT2D eigenvalue weighted by atomic mass is 32.1. The van der Waals surface area contributed by atoms with Crippen molar-refractivity contribution in [2.24, 2.45) is 4.99 Å². The highest BCUT2D eigenvalue weighted by Gasteiger charge is 2.05. The van der Waals surface area contributed by atoms with Crippen molar-refractivity contribution in [2.75, 3.05) is 20.2 Å². The van der Waals surface area contributed by atoms with Crippen molar-refractivity contribution in [3.63, 3.8) is 0 Å². The minimum Gasteiger partial charge on any atom is -0.492 e. The van der Waals surface area contributed by atoms with E-state index in [2.05, 4.69) is 20.6 Å². The molecule has 0 bridgehead atoms. The summed E-state index contributed by atoms with van der Waals surface area (Å²) in [4.78, 5) is 9.76. The number of rotatable bonds is 6. The van der Waals surface area contributed by atoms with E-state index in [1.807, 2.05) is 13.8 Å². The highest BCUT2D eigenvalue weighted by Crippen LogP contribution is 2.16. The Morgan fingerprint density at radius 2 is 2.17 bits per heavy atom. The van der Waals surface area contributed by atoms with E-state index in [4.69, 9.17) is 4.74 Å². The maximum absolute atomic E-state index is 13.0. The van der Waals surface area contributed by atoms with Crippen molar-refractivity contribution in [3.05, 3.63) is 45.7 Å². The van der Waals surface area contributed by atoms with Crippen LogP contribution in [-0.4, -0.2) is 31.1 Å². The number of guanidine groups is 1. The molecule has 0 aliphatic rings. The van der Waals surface area contributed by atoms with Crippen LogP contribution in [-0.2, 0) is 6.54 Å². The Morgan fingerprint density at radius 1 is 1.35 bits per heavy atom. The van der Waals surface area contributed by atoms with Crippen molar-refractivity contribution in [1.82, 2.24) is 15.6 Å². The number of benzene rings is 1. The fourth-order valence-corrected chi connectivity index (χ4v) is 2.89. The smallest absolute Gasteiger partial charge is 0.191 e. The van der Waals surface area contributed by atoms with Gasteiger partial charge in [-0.3, -0.25) is 4.99 Å². The van der Waals surface area contributed by atoms with Gasteiger partial charge >= 0.3 is 0 Å². The molecule has 0 unspecified atom stereocenters. The first-order valence-corrected chi connectivity index (χ1v) is 8.16. The maximum atomic E-state index is 13.0. The molecule has 2 rings (SSSR count). The van der Waals surface area contributed by atoms with Gasteiger partial charge in [-0.15, -0.1) is 11.3 Å². The average Bonchev–Trinajstić information content (AvgIpc) is 2.84. The molecule has 0 aliphatic carbocycles. The van der Waals surface area contributed by atoms with Gasteiger partial charge in [0.15, 0.2) is 5.96 Å². The van der Waals surface area contributed by atoms with E-state index in [0.717, 1.165) is 10.7 Å². The van der Waals surface area contributed by atoms with Crippen molar-refractivity contribution in [2.45, 2.75) is 20.4 Å². The maximum Gasteiger partial charge on any atom is 0.191 e. The van der Waals surface area contributed by atoms with Crippen LogP contribution in [0.4, 0.5) is 4.39 Å². The zero-order valence-electron chi connectivity index (χ0n) is 13.5. The molecule has 23 heavy (non-hydrogen) atoms. The van der Waals surface area contributed by atoms with Crippen LogP contribution in [0, 0.1) is 19.7 Å². The summed E-state index contributed by atoms with van der Waals surface area (Å²) in [6, 6.07) is 6.10. The third kappa shape index (κ3) is 5.52. The molecule has 0 spiro atoms. The van der Waals surface area contributed by atoms with Gasteiger partial charge in [-0.2, -0.15) is 0 Å². The molecular weight excluding hydrogens is 315 g/mol. The van der Waals surface area contributed by atoms with Crippen LogP contribution in [0.5, 0.6) is 5.75 Å². The largest absolute Gasteiger partial charge is 0.492 e. The zero-order valence-corrected chi connectivity index (χ0v) is 14.3. The molecule has 1 aromatic heterocycles. The first-order chi connectivity index (χ1) is 11.1. The molecule has 7 heteroatoms. The zero-order chi connectivity index (χ0) is 16.7. The molecule has 0 fully saturated rings. The Hall–Kier alpha value is -2.15. The lowest BCUT2D eigenvalue weighted by Crippen LogP contribution is -2.38. The van der Waals surface area contributed by atoms with Crippen LogP contribution in [0.2, 0.25) is 0 Å². The van der Waals surface area contributed by atoms with Crippen LogP contribution in [0.3, 0.4) is 0 Å². The lowest BCUT2D eigenvalue weighted by molar-refractivity contribution is 0.320. The lowest BCUT2D eigenvalue weighted by atomic mass is 10.3. The normalized spacial score (nSPS) is 11.4. The monoisotopic (exact) mass is 336 g/mol. The minimum absolute atomic E-state index is 0.303. The number of thiazole rings is 1. The first kappa shape index (κ1) is 17.2. The number of nitrogens with zero attached hydrogens (tertiary/aromatic N) is 2. The molecule has 5 nitrogen and oxygen atoms in total. The molecule has 0 saturated heterocycles. The van der Waals surface area contributed by atoms with E-state index >= 15 is 0 Å². The fraction of sp³-hybridized carbons (Fsp3) is 0.375. The Bertz CT molecular complexity index is 672. The number of nitrogens with one attached hydrogen (secondary N) is 2. The summed E-state index contributed by atoms with van der Waals surface area (Å²) in [6.07, 6.45) is 0. The summed E-state index contributed by atoms with van der Waals surface area (Å²) in [6.45, 7) is 5.67. The van der Waals surface area contributed by atoms with Crippen molar-refractivity contribution < 1.29 is 9.13 Å². The van der Waals surface area contributed by atoms with Gasteiger partial charge in [-0.05, 0) is 26.0 Å². The molecule has 0 saturated carbocycles. The molecule has 0 aliphatic heterocycles. The van der Waals surface area contributed by atoms with Crippen LogP contribution in [0.15, 0.2) is 29.3 Å². The molecule has 1 heterocycles. The summed E-state index contributed by atoms with van der Waals surface area (Å²) in [5.41, 5.74) is 1.05. The van der Waals surface area contributed by atoms with Gasteiger partial charge in [0.25, 0.3) is 0 Å². The van der Waals surface area contributed by atoms with E-state index < -0.39 is 0 Å². The van der Waals surface area contributed by atoms with Gasteiger partial charge in [-0.1, -0.05) is 6.07 Å². The standard InChI is InChI=1S/C16H21FN4OS/c1-11-15(23-12(2)21-11)10-20-16(18-3)19-7-8-22-14-6-4-5-13(17)9-14/h4-6,9H,7-8,10H2,1-3H3,(H2,18,19,20). The molecule has 124 valence electrons. The number of ether oxygens (including phenoxy) is 1. The summed E-state index contributed by atoms with van der Waals surface area (Å²) in [5.74, 6) is 0.909. The van der Waals surface area contributed by atoms with Crippen LogP contribution < -0.4 is 15.4 Å².